The van der Waals surface area contributed by atoms with Crippen molar-refractivity contribution < 1.29 is 14.1 Å². The predicted octanol–water partition coefficient (Wildman–Crippen LogP) is 3.87. The Bertz CT molecular complexity index is 1040. The maximum atomic E-state index is 12.2. The maximum absolute atomic E-state index is 12.2. The highest BCUT2D eigenvalue weighted by Gasteiger charge is 2.13. The van der Waals surface area contributed by atoms with E-state index in [-0.39, 0.29) is 24.7 Å². The third-order valence-electron chi connectivity index (χ3n) is 4.81. The average Bonchev–Trinajstić information content (AvgIpc) is 3.19. The van der Waals surface area contributed by atoms with Crippen LogP contribution in [0.25, 0.3) is 11.4 Å². The first-order chi connectivity index (χ1) is 14.3. The number of aromatic nitrogens is 2. The molecule has 0 spiro atoms. The highest BCUT2D eigenvalue weighted by Crippen LogP contribution is 2.20. The van der Waals surface area contributed by atoms with Crippen molar-refractivity contribution in [2.24, 2.45) is 0 Å². The van der Waals surface area contributed by atoms with E-state index in [0.29, 0.717) is 23.2 Å². The molecule has 0 radical (unpaired) electrons. The van der Waals surface area contributed by atoms with Crippen LogP contribution >= 0.6 is 0 Å². The van der Waals surface area contributed by atoms with E-state index < -0.39 is 0 Å². The second-order valence-corrected chi connectivity index (χ2v) is 7.61. The number of rotatable bonds is 6. The summed E-state index contributed by atoms with van der Waals surface area (Å²) in [6, 6.07) is 13.5. The van der Waals surface area contributed by atoms with E-state index in [1.807, 2.05) is 50.2 Å². The fourth-order valence-electron chi connectivity index (χ4n) is 3.04. The molecule has 0 aliphatic heterocycles. The fourth-order valence-corrected chi connectivity index (χ4v) is 3.04. The van der Waals surface area contributed by atoms with Gasteiger partial charge in [0.25, 0.3) is 5.91 Å². The molecule has 0 unspecified atom stereocenters. The van der Waals surface area contributed by atoms with E-state index in [1.54, 1.807) is 6.07 Å². The molecule has 2 N–H and O–H groups in total. The molecule has 0 bridgehead atoms. The molecule has 156 valence electrons. The van der Waals surface area contributed by atoms with Crippen LogP contribution in [0.1, 0.15) is 59.1 Å². The van der Waals surface area contributed by atoms with E-state index in [4.69, 9.17) is 4.52 Å². The molecule has 2 amide bonds. The lowest BCUT2D eigenvalue weighted by Crippen LogP contribution is -2.42. The van der Waals surface area contributed by atoms with E-state index >= 15 is 0 Å². The summed E-state index contributed by atoms with van der Waals surface area (Å²) >= 11 is 0. The Morgan fingerprint density at radius 2 is 1.77 bits per heavy atom. The minimum absolute atomic E-state index is 0.112. The number of hydrazine groups is 1. The van der Waals surface area contributed by atoms with Crippen LogP contribution in [0, 0.1) is 13.8 Å². The Morgan fingerprint density at radius 3 is 2.43 bits per heavy atom. The van der Waals surface area contributed by atoms with Gasteiger partial charge >= 0.3 is 0 Å². The van der Waals surface area contributed by atoms with Gasteiger partial charge in [-0.1, -0.05) is 61.0 Å². The number of benzene rings is 2. The summed E-state index contributed by atoms with van der Waals surface area (Å²) in [4.78, 5) is 28.6. The van der Waals surface area contributed by atoms with Crippen molar-refractivity contribution >= 4 is 11.8 Å². The van der Waals surface area contributed by atoms with Crippen LogP contribution in [0.5, 0.6) is 0 Å². The van der Waals surface area contributed by atoms with Gasteiger partial charge in [-0.2, -0.15) is 4.98 Å². The van der Waals surface area contributed by atoms with Crippen molar-refractivity contribution in [2.75, 3.05) is 0 Å². The Hall–Kier alpha value is -3.48. The van der Waals surface area contributed by atoms with Crippen LogP contribution in [-0.2, 0) is 11.2 Å². The van der Waals surface area contributed by atoms with Gasteiger partial charge in [0.1, 0.15) is 0 Å². The molecule has 3 aromatic rings. The van der Waals surface area contributed by atoms with Gasteiger partial charge in [0, 0.05) is 24.0 Å². The second kappa shape index (κ2) is 9.35. The quantitative estimate of drug-likeness (QED) is 0.606. The number of aryl methyl sites for hydroxylation is 3. The van der Waals surface area contributed by atoms with Crippen molar-refractivity contribution in [3.63, 3.8) is 0 Å². The molecule has 30 heavy (non-hydrogen) atoms. The first kappa shape index (κ1) is 21.2. The summed E-state index contributed by atoms with van der Waals surface area (Å²) in [5.41, 5.74) is 9.39. The molecule has 0 fully saturated rings. The highest BCUT2D eigenvalue weighted by atomic mass is 16.5. The van der Waals surface area contributed by atoms with Crippen LogP contribution in [0.15, 0.2) is 47.0 Å². The number of amides is 2. The molecular weight excluding hydrogens is 380 g/mol. The predicted molar refractivity (Wildman–Crippen MR) is 114 cm³/mol. The summed E-state index contributed by atoms with van der Waals surface area (Å²) in [5.74, 6) is 0.617. The van der Waals surface area contributed by atoms with Crippen LogP contribution in [-0.4, -0.2) is 22.0 Å². The zero-order valence-electron chi connectivity index (χ0n) is 17.7. The number of nitrogens with zero attached hydrogens (tertiary/aromatic N) is 2. The van der Waals surface area contributed by atoms with Crippen molar-refractivity contribution in [3.8, 4) is 11.4 Å². The van der Waals surface area contributed by atoms with Gasteiger partial charge in [-0.3, -0.25) is 20.4 Å². The molecule has 0 aliphatic carbocycles. The summed E-state index contributed by atoms with van der Waals surface area (Å²) in [7, 11) is 0. The largest absolute Gasteiger partial charge is 0.339 e. The number of nitrogens with one attached hydrogen (secondary N) is 2. The van der Waals surface area contributed by atoms with Gasteiger partial charge < -0.3 is 4.52 Å². The van der Waals surface area contributed by atoms with Gasteiger partial charge in [-0.25, -0.2) is 0 Å². The Kier molecular flexibility index (Phi) is 6.61. The van der Waals surface area contributed by atoms with Gasteiger partial charge in [0.2, 0.25) is 17.6 Å². The summed E-state index contributed by atoms with van der Waals surface area (Å²) in [6.07, 6.45) is 0.392. The third kappa shape index (κ3) is 5.31. The molecule has 0 saturated heterocycles. The fraction of sp³-hybridized carbons (Fsp3) is 0.304. The van der Waals surface area contributed by atoms with Gasteiger partial charge in [-0.05, 0) is 37.0 Å². The normalized spacial score (nSPS) is 10.8. The van der Waals surface area contributed by atoms with Crippen LogP contribution in [0.3, 0.4) is 0 Å². The van der Waals surface area contributed by atoms with Crippen molar-refractivity contribution in [1.29, 1.82) is 0 Å². The maximum Gasteiger partial charge on any atom is 0.269 e. The molecule has 7 heteroatoms. The minimum atomic E-state index is -0.356. The average molecular weight is 406 g/mol. The Labute approximate surface area is 175 Å². The zero-order chi connectivity index (χ0) is 21.7. The Morgan fingerprint density at radius 1 is 1.03 bits per heavy atom. The van der Waals surface area contributed by atoms with Gasteiger partial charge in [-0.15, -0.1) is 0 Å². The summed E-state index contributed by atoms with van der Waals surface area (Å²) in [6.45, 7) is 8.08. The number of carbonyl (C=O) groups is 2. The lowest BCUT2D eigenvalue weighted by atomic mass is 10.0. The lowest BCUT2D eigenvalue weighted by molar-refractivity contribution is -0.121. The van der Waals surface area contributed by atoms with Crippen molar-refractivity contribution in [2.45, 2.75) is 46.5 Å². The van der Waals surface area contributed by atoms with Gasteiger partial charge in [0.15, 0.2) is 0 Å². The van der Waals surface area contributed by atoms with Crippen molar-refractivity contribution in [1.82, 2.24) is 21.0 Å². The number of hydrogen-bond donors (Lipinski definition) is 2. The van der Waals surface area contributed by atoms with Crippen LogP contribution in [0.2, 0.25) is 0 Å². The molecule has 0 atom stereocenters. The molecule has 1 heterocycles. The molecule has 3 rings (SSSR count). The lowest BCUT2D eigenvalue weighted by Gasteiger charge is -2.09. The minimum Gasteiger partial charge on any atom is -0.339 e. The van der Waals surface area contributed by atoms with E-state index in [0.717, 1.165) is 16.7 Å². The smallest absolute Gasteiger partial charge is 0.269 e. The first-order valence-corrected chi connectivity index (χ1v) is 9.93. The summed E-state index contributed by atoms with van der Waals surface area (Å²) < 4.78 is 5.24. The first-order valence-electron chi connectivity index (χ1n) is 9.93. The zero-order valence-corrected chi connectivity index (χ0v) is 17.7. The topological polar surface area (TPSA) is 97.1 Å². The molecule has 2 aromatic carbocycles. The highest BCUT2D eigenvalue weighted by molar-refractivity contribution is 5.96. The monoisotopic (exact) mass is 406 g/mol. The van der Waals surface area contributed by atoms with Crippen LogP contribution < -0.4 is 10.9 Å². The molecule has 7 nitrogen and oxygen atoms in total. The second-order valence-electron chi connectivity index (χ2n) is 7.61. The summed E-state index contributed by atoms with van der Waals surface area (Å²) in [5, 5.41) is 3.98. The molecular formula is C23H26N4O3. The standard InChI is InChI=1S/C23H26N4O3/c1-14(2)17-6-8-18(9-7-17)22-24-21(30-27-22)12-11-20(28)25-26-23(29)19-10-5-15(3)13-16(19)4/h5-10,13-14H,11-12H2,1-4H3,(H,25,28)(H,26,29). The third-order valence-corrected chi connectivity index (χ3v) is 4.81. The van der Waals surface area contributed by atoms with Crippen LogP contribution in [0.4, 0.5) is 0 Å². The Balaban J connectivity index is 1.50. The molecule has 1 aromatic heterocycles. The van der Waals surface area contributed by atoms with Crippen molar-refractivity contribution in [3.05, 3.63) is 70.6 Å². The SMILES string of the molecule is Cc1ccc(C(=O)NNC(=O)CCc2nc(-c3ccc(C(C)C)cc3)no2)c(C)c1. The van der Waals surface area contributed by atoms with E-state index in [9.17, 15) is 9.59 Å². The molecule has 0 aliphatic rings. The molecule has 0 saturated carbocycles. The number of hydrogen-bond acceptors (Lipinski definition) is 5. The van der Waals surface area contributed by atoms with Gasteiger partial charge in [0.05, 0.1) is 0 Å². The number of carbonyl (C=O) groups excluding carboxylic acids is 2. The van der Waals surface area contributed by atoms with E-state index in [1.165, 1.54) is 5.56 Å². The van der Waals surface area contributed by atoms with E-state index in [2.05, 4.69) is 34.8 Å².